The zero-order chi connectivity index (χ0) is 13.8. The Morgan fingerprint density at radius 1 is 1.44 bits per heavy atom. The number of rotatable bonds is 5. The quantitative estimate of drug-likeness (QED) is 0.684. The maximum absolute atomic E-state index is 11.9. The average molecular weight is 278 g/mol. The zero-order valence-electron chi connectivity index (χ0n) is 11.2. The van der Waals surface area contributed by atoms with E-state index in [-0.39, 0.29) is 5.41 Å². The van der Waals surface area contributed by atoms with Gasteiger partial charge in [0.2, 0.25) is 10.0 Å². The summed E-state index contributed by atoms with van der Waals surface area (Å²) in [6.45, 7) is 5.53. The van der Waals surface area contributed by atoms with Crippen LogP contribution in [0.25, 0.3) is 0 Å². The second kappa shape index (κ2) is 5.99. The smallest absolute Gasteiger partial charge is 0.325 e. The Balaban J connectivity index is 2.58. The van der Waals surface area contributed by atoms with E-state index in [4.69, 9.17) is 0 Å². The van der Waals surface area contributed by atoms with Crippen LogP contribution >= 0.6 is 0 Å². The molecule has 0 aromatic carbocycles. The van der Waals surface area contributed by atoms with Crippen molar-refractivity contribution >= 4 is 16.0 Å². The Morgan fingerprint density at radius 2 is 2.00 bits per heavy atom. The van der Waals surface area contributed by atoms with Gasteiger partial charge in [0.25, 0.3) is 0 Å². The Hall–Kier alpha value is -0.660. The molecule has 0 amide bonds. The van der Waals surface area contributed by atoms with Crippen molar-refractivity contribution in [3.05, 3.63) is 0 Å². The van der Waals surface area contributed by atoms with Crippen molar-refractivity contribution in [2.45, 2.75) is 31.9 Å². The van der Waals surface area contributed by atoms with Crippen molar-refractivity contribution in [1.29, 1.82) is 0 Å². The number of hydrogen-bond acceptors (Lipinski definition) is 5. The molecule has 1 saturated heterocycles. The van der Waals surface area contributed by atoms with Gasteiger partial charge in [-0.3, -0.25) is 4.79 Å². The number of sulfonamides is 1. The fraction of sp³-hybridized carbons (Fsp3) is 0.909. The Bertz CT molecular complexity index is 388. The molecule has 1 aliphatic rings. The van der Waals surface area contributed by atoms with Gasteiger partial charge in [-0.15, -0.1) is 0 Å². The van der Waals surface area contributed by atoms with Crippen LogP contribution in [0.3, 0.4) is 0 Å². The predicted molar refractivity (Wildman–Crippen MR) is 68.6 cm³/mol. The number of carbonyl (C=O) groups is 1. The highest BCUT2D eigenvalue weighted by Crippen LogP contribution is 2.27. The summed E-state index contributed by atoms with van der Waals surface area (Å²) in [5.41, 5.74) is -0.0475. The summed E-state index contributed by atoms with van der Waals surface area (Å²) in [5, 5.41) is 2.06. The molecule has 18 heavy (non-hydrogen) atoms. The van der Waals surface area contributed by atoms with Gasteiger partial charge in [-0.1, -0.05) is 6.92 Å². The first-order chi connectivity index (χ1) is 8.31. The van der Waals surface area contributed by atoms with Gasteiger partial charge in [0.1, 0.15) is 0 Å². The van der Waals surface area contributed by atoms with E-state index in [9.17, 15) is 13.2 Å². The Kier molecular flexibility index (Phi) is 5.12. The summed E-state index contributed by atoms with van der Waals surface area (Å²) in [4.78, 5) is 11.2. The lowest BCUT2D eigenvalue weighted by molar-refractivity contribution is -0.139. The maximum atomic E-state index is 11.9. The molecule has 0 bridgehead atoms. The molecule has 6 nitrogen and oxygen atoms in total. The zero-order valence-corrected chi connectivity index (χ0v) is 12.0. The fourth-order valence-electron chi connectivity index (χ4n) is 1.90. The summed E-state index contributed by atoms with van der Waals surface area (Å²) in [5.74, 6) is -0.738. The van der Waals surface area contributed by atoms with Crippen molar-refractivity contribution in [3.63, 3.8) is 0 Å². The van der Waals surface area contributed by atoms with Gasteiger partial charge in [0.05, 0.1) is 7.11 Å². The molecule has 1 aliphatic heterocycles. The summed E-state index contributed by atoms with van der Waals surface area (Å²) in [6, 6.07) is 0. The molecule has 106 valence electrons. The van der Waals surface area contributed by atoms with Crippen LogP contribution in [0.1, 0.15) is 26.7 Å². The van der Waals surface area contributed by atoms with Crippen molar-refractivity contribution < 1.29 is 17.9 Å². The molecule has 7 heteroatoms. The first kappa shape index (κ1) is 15.4. The number of esters is 1. The molecule has 1 rings (SSSR count). The van der Waals surface area contributed by atoms with E-state index < -0.39 is 21.2 Å². The molecular formula is C11H22N2O4S. The fourth-order valence-corrected chi connectivity index (χ4v) is 3.05. The monoisotopic (exact) mass is 278 g/mol. The van der Waals surface area contributed by atoms with Gasteiger partial charge in [-0.05, 0) is 38.3 Å². The van der Waals surface area contributed by atoms with Crippen molar-refractivity contribution in [2.24, 2.45) is 5.41 Å². The Morgan fingerprint density at radius 3 is 2.50 bits per heavy atom. The number of methoxy groups -OCH3 is 1. The molecular weight excluding hydrogens is 256 g/mol. The van der Waals surface area contributed by atoms with Crippen LogP contribution in [0, 0.1) is 5.41 Å². The molecule has 0 radical (unpaired) electrons. The van der Waals surface area contributed by atoms with E-state index >= 15 is 0 Å². The molecule has 1 heterocycles. The number of nitrogens with one attached hydrogen (secondary N) is 2. The van der Waals surface area contributed by atoms with E-state index in [1.165, 1.54) is 14.0 Å². The molecule has 2 N–H and O–H groups in total. The largest absolute Gasteiger partial charge is 0.468 e. The molecule has 1 fully saturated rings. The van der Waals surface area contributed by atoms with Gasteiger partial charge in [0, 0.05) is 6.54 Å². The second-order valence-corrected chi connectivity index (χ2v) is 7.18. The summed E-state index contributed by atoms with van der Waals surface area (Å²) in [6.07, 6.45) is 1.84. The molecule has 0 aromatic rings. The van der Waals surface area contributed by atoms with E-state index in [0.717, 1.165) is 25.9 Å². The number of carbonyl (C=O) groups excluding carboxylic acids is 1. The number of ether oxygens (including phenoxy) is 1. The summed E-state index contributed by atoms with van der Waals surface area (Å²) < 4.78 is 30.8. The topological polar surface area (TPSA) is 84.5 Å². The highest BCUT2D eigenvalue weighted by atomic mass is 32.2. The minimum atomic E-state index is -3.65. The number of piperidine rings is 1. The van der Waals surface area contributed by atoms with Crippen LogP contribution in [-0.2, 0) is 19.6 Å². The third-order valence-electron chi connectivity index (χ3n) is 3.51. The third kappa shape index (κ3) is 3.93. The maximum Gasteiger partial charge on any atom is 0.325 e. The van der Waals surface area contributed by atoms with E-state index in [1.807, 2.05) is 0 Å². The first-order valence-corrected chi connectivity index (χ1v) is 7.62. The second-order valence-electron chi connectivity index (χ2n) is 5.09. The van der Waals surface area contributed by atoms with Crippen LogP contribution in [0.5, 0.6) is 0 Å². The van der Waals surface area contributed by atoms with Crippen molar-refractivity contribution in [2.75, 3.05) is 26.7 Å². The summed E-state index contributed by atoms with van der Waals surface area (Å²) >= 11 is 0. The van der Waals surface area contributed by atoms with Gasteiger partial charge in [0.15, 0.2) is 5.25 Å². The van der Waals surface area contributed by atoms with Gasteiger partial charge in [-0.2, -0.15) is 0 Å². The standard InChI is InChI=1S/C11H22N2O4S/c1-9(10(14)17-3)18(15,16)13-8-11(2)4-6-12-7-5-11/h9,12-13H,4-8H2,1-3H3. The van der Waals surface area contributed by atoms with Crippen LogP contribution in [0.2, 0.25) is 0 Å². The van der Waals surface area contributed by atoms with Gasteiger partial charge < -0.3 is 10.1 Å². The molecule has 0 saturated carbocycles. The SMILES string of the molecule is COC(=O)C(C)S(=O)(=O)NCC1(C)CCNCC1. The third-order valence-corrected chi connectivity index (χ3v) is 5.18. The van der Waals surface area contributed by atoms with Crippen LogP contribution in [0.4, 0.5) is 0 Å². The van der Waals surface area contributed by atoms with E-state index in [2.05, 4.69) is 21.7 Å². The van der Waals surface area contributed by atoms with Gasteiger partial charge in [-0.25, -0.2) is 13.1 Å². The number of hydrogen-bond donors (Lipinski definition) is 2. The lowest BCUT2D eigenvalue weighted by atomic mass is 9.81. The van der Waals surface area contributed by atoms with Gasteiger partial charge >= 0.3 is 5.97 Å². The Labute approximate surface area is 109 Å². The molecule has 1 atom stereocenters. The average Bonchev–Trinajstić information content (AvgIpc) is 2.36. The lowest BCUT2D eigenvalue weighted by Gasteiger charge is -2.34. The van der Waals surface area contributed by atoms with E-state index in [0.29, 0.717) is 6.54 Å². The van der Waals surface area contributed by atoms with Crippen molar-refractivity contribution in [3.8, 4) is 0 Å². The molecule has 1 unspecified atom stereocenters. The van der Waals surface area contributed by atoms with Crippen LogP contribution in [0.15, 0.2) is 0 Å². The minimum Gasteiger partial charge on any atom is -0.468 e. The van der Waals surface area contributed by atoms with E-state index in [1.54, 1.807) is 0 Å². The lowest BCUT2D eigenvalue weighted by Crippen LogP contribution is -2.46. The normalized spacial score (nSPS) is 21.3. The summed E-state index contributed by atoms with van der Waals surface area (Å²) in [7, 11) is -2.47. The highest BCUT2D eigenvalue weighted by Gasteiger charge is 2.33. The molecule has 0 aromatic heterocycles. The highest BCUT2D eigenvalue weighted by molar-refractivity contribution is 7.90. The first-order valence-electron chi connectivity index (χ1n) is 6.08. The molecule has 0 spiro atoms. The predicted octanol–water partition coefficient (Wildman–Crippen LogP) is -0.143. The minimum absolute atomic E-state index is 0.0475. The molecule has 0 aliphatic carbocycles. The van der Waals surface area contributed by atoms with Crippen LogP contribution < -0.4 is 10.0 Å². The van der Waals surface area contributed by atoms with Crippen molar-refractivity contribution in [1.82, 2.24) is 10.0 Å². The van der Waals surface area contributed by atoms with Crippen LogP contribution in [-0.4, -0.2) is 46.4 Å².